The van der Waals surface area contributed by atoms with Gasteiger partial charge in [0.1, 0.15) is 5.82 Å². The van der Waals surface area contributed by atoms with Crippen LogP contribution in [0.3, 0.4) is 0 Å². The monoisotopic (exact) mass is 275 g/mol. The van der Waals surface area contributed by atoms with Gasteiger partial charge in [0.2, 0.25) is 0 Å². The van der Waals surface area contributed by atoms with Gasteiger partial charge in [0.05, 0.1) is 5.69 Å². The highest BCUT2D eigenvalue weighted by atomic mass is 15.1. The maximum absolute atomic E-state index is 4.93. The molecule has 1 saturated carbocycles. The fourth-order valence-electron chi connectivity index (χ4n) is 4.01. The van der Waals surface area contributed by atoms with Gasteiger partial charge < -0.3 is 9.88 Å². The van der Waals surface area contributed by atoms with Crippen molar-refractivity contribution in [3.8, 4) is 0 Å². The fraction of sp³-hybridized carbons (Fsp3) is 0.824. The highest BCUT2D eigenvalue weighted by molar-refractivity contribution is 5.23. The Hall–Kier alpha value is -0.830. The molecule has 3 nitrogen and oxygen atoms in total. The first kappa shape index (κ1) is 14.1. The number of fused-ring (bicyclic) bond motifs is 1. The fourth-order valence-corrected chi connectivity index (χ4v) is 4.01. The summed E-state index contributed by atoms with van der Waals surface area (Å²) < 4.78 is 2.56. The van der Waals surface area contributed by atoms with Gasteiger partial charge in [-0.3, -0.25) is 0 Å². The summed E-state index contributed by atoms with van der Waals surface area (Å²) in [5.74, 6) is 2.56. The maximum Gasteiger partial charge on any atom is 0.111 e. The van der Waals surface area contributed by atoms with E-state index in [1.807, 2.05) is 0 Å². The van der Waals surface area contributed by atoms with Crippen molar-refractivity contribution in [1.82, 2.24) is 14.9 Å². The molecule has 0 aromatic carbocycles. The van der Waals surface area contributed by atoms with Crippen LogP contribution in [0.2, 0.25) is 0 Å². The van der Waals surface area contributed by atoms with Crippen LogP contribution in [0.4, 0.5) is 0 Å². The van der Waals surface area contributed by atoms with E-state index >= 15 is 0 Å². The largest absolute Gasteiger partial charge is 0.331 e. The summed E-state index contributed by atoms with van der Waals surface area (Å²) >= 11 is 0. The van der Waals surface area contributed by atoms with Crippen molar-refractivity contribution < 1.29 is 0 Å². The van der Waals surface area contributed by atoms with E-state index in [-0.39, 0.29) is 0 Å². The number of imidazole rings is 1. The Kier molecular flexibility index (Phi) is 3.06. The van der Waals surface area contributed by atoms with Crippen molar-refractivity contribution in [1.29, 1.82) is 0 Å². The lowest BCUT2D eigenvalue weighted by Crippen LogP contribution is -2.25. The zero-order valence-corrected chi connectivity index (χ0v) is 13.9. The highest BCUT2D eigenvalue weighted by Crippen LogP contribution is 2.69. The molecule has 1 N–H and O–H groups in total. The predicted octanol–water partition coefficient (Wildman–Crippen LogP) is 3.33. The topological polar surface area (TPSA) is 29.9 Å². The van der Waals surface area contributed by atoms with Crippen LogP contribution < -0.4 is 5.32 Å². The average Bonchev–Trinajstić information content (AvgIpc) is 2.70. The first-order chi connectivity index (χ1) is 9.26. The van der Waals surface area contributed by atoms with Gasteiger partial charge in [0.25, 0.3) is 0 Å². The minimum absolute atomic E-state index is 0.450. The number of rotatable bonds is 3. The Morgan fingerprint density at radius 3 is 2.45 bits per heavy atom. The van der Waals surface area contributed by atoms with Crippen LogP contribution in [0.15, 0.2) is 0 Å². The van der Waals surface area contributed by atoms with Gasteiger partial charge >= 0.3 is 0 Å². The van der Waals surface area contributed by atoms with Gasteiger partial charge in [-0.25, -0.2) is 4.98 Å². The van der Waals surface area contributed by atoms with Crippen molar-refractivity contribution in [3.63, 3.8) is 0 Å². The molecule has 0 unspecified atom stereocenters. The van der Waals surface area contributed by atoms with Crippen LogP contribution in [0.1, 0.15) is 64.7 Å². The molecule has 20 heavy (non-hydrogen) atoms. The lowest BCUT2D eigenvalue weighted by molar-refractivity contribution is 0.457. The van der Waals surface area contributed by atoms with Gasteiger partial charge in [-0.05, 0) is 16.7 Å². The van der Waals surface area contributed by atoms with Crippen molar-refractivity contribution in [2.24, 2.45) is 16.7 Å². The van der Waals surface area contributed by atoms with Crippen LogP contribution in [0.5, 0.6) is 0 Å². The van der Waals surface area contributed by atoms with E-state index in [1.165, 1.54) is 17.2 Å². The third kappa shape index (κ3) is 1.86. The Labute approximate surface area is 123 Å². The first-order valence-corrected chi connectivity index (χ1v) is 8.05. The van der Waals surface area contributed by atoms with Crippen molar-refractivity contribution >= 4 is 0 Å². The quantitative estimate of drug-likeness (QED) is 0.917. The second-order valence-corrected chi connectivity index (χ2v) is 8.05. The van der Waals surface area contributed by atoms with Gasteiger partial charge in [0.15, 0.2) is 0 Å². The van der Waals surface area contributed by atoms with Gasteiger partial charge in [-0.15, -0.1) is 0 Å². The molecule has 0 saturated heterocycles. The second-order valence-electron chi connectivity index (χ2n) is 8.05. The maximum atomic E-state index is 4.93. The molecule has 1 fully saturated rings. The molecule has 112 valence electrons. The third-order valence-electron chi connectivity index (χ3n) is 6.22. The SMILES string of the molecule is CC(C)c1nc2c(n1CC1C(C)(C)C1(C)C)CCNC2. The molecule has 2 aliphatic rings. The summed E-state index contributed by atoms with van der Waals surface area (Å²) in [6.07, 6.45) is 1.13. The van der Waals surface area contributed by atoms with Crippen LogP contribution >= 0.6 is 0 Å². The minimum Gasteiger partial charge on any atom is -0.331 e. The Morgan fingerprint density at radius 1 is 1.25 bits per heavy atom. The normalized spacial score (nSPS) is 23.9. The molecular formula is C17H29N3. The van der Waals surface area contributed by atoms with E-state index in [9.17, 15) is 0 Å². The number of nitrogens with zero attached hydrogens (tertiary/aromatic N) is 2. The minimum atomic E-state index is 0.450. The molecular weight excluding hydrogens is 246 g/mol. The van der Waals surface area contributed by atoms with Gasteiger partial charge in [-0.1, -0.05) is 41.5 Å². The van der Waals surface area contributed by atoms with Crippen molar-refractivity contribution in [2.45, 2.75) is 67.0 Å². The van der Waals surface area contributed by atoms with Crippen molar-refractivity contribution in [2.75, 3.05) is 6.54 Å². The van der Waals surface area contributed by atoms with Crippen LogP contribution in [-0.2, 0) is 19.5 Å². The summed E-state index contributed by atoms with van der Waals surface area (Å²) in [7, 11) is 0. The first-order valence-electron chi connectivity index (χ1n) is 8.05. The third-order valence-corrected chi connectivity index (χ3v) is 6.22. The summed E-state index contributed by atoms with van der Waals surface area (Å²) in [6.45, 7) is 17.4. The molecule has 0 bridgehead atoms. The van der Waals surface area contributed by atoms with E-state index in [0.717, 1.165) is 32.0 Å². The number of nitrogens with one attached hydrogen (secondary N) is 1. The molecule has 3 heteroatoms. The van der Waals surface area contributed by atoms with E-state index < -0.39 is 0 Å². The molecule has 1 aromatic heterocycles. The zero-order chi connectivity index (χ0) is 14.7. The zero-order valence-electron chi connectivity index (χ0n) is 13.9. The van der Waals surface area contributed by atoms with Gasteiger partial charge in [-0.2, -0.15) is 0 Å². The summed E-state index contributed by atoms with van der Waals surface area (Å²) in [5, 5.41) is 3.45. The number of hydrogen-bond acceptors (Lipinski definition) is 2. The summed E-state index contributed by atoms with van der Waals surface area (Å²) in [4.78, 5) is 4.93. The Bertz CT molecular complexity index is 509. The van der Waals surface area contributed by atoms with E-state index in [2.05, 4.69) is 51.4 Å². The molecule has 0 amide bonds. The highest BCUT2D eigenvalue weighted by Gasteiger charge is 2.64. The predicted molar refractivity (Wildman–Crippen MR) is 82.8 cm³/mol. The molecule has 2 heterocycles. The van der Waals surface area contributed by atoms with Crippen LogP contribution in [0, 0.1) is 16.7 Å². The molecule has 0 spiro atoms. The molecule has 3 rings (SSSR count). The molecule has 1 aliphatic carbocycles. The Morgan fingerprint density at radius 2 is 1.90 bits per heavy atom. The van der Waals surface area contributed by atoms with Crippen molar-refractivity contribution in [3.05, 3.63) is 17.2 Å². The lowest BCUT2D eigenvalue weighted by atomic mass is 10.0. The number of aromatic nitrogens is 2. The summed E-state index contributed by atoms with van der Waals surface area (Å²) in [5.41, 5.74) is 3.68. The standard InChI is InChI=1S/C17H29N3/c1-11(2)15-19-12-9-18-8-7-13(12)20(15)10-14-16(3,4)17(14,5)6/h11,14,18H,7-10H2,1-6H3. The van der Waals surface area contributed by atoms with Crippen LogP contribution in [-0.4, -0.2) is 16.1 Å². The molecule has 1 aromatic rings. The smallest absolute Gasteiger partial charge is 0.111 e. The van der Waals surface area contributed by atoms with E-state index in [1.54, 1.807) is 0 Å². The van der Waals surface area contributed by atoms with E-state index in [4.69, 9.17) is 4.98 Å². The number of hydrogen-bond donors (Lipinski definition) is 1. The second kappa shape index (κ2) is 4.33. The Balaban J connectivity index is 1.95. The van der Waals surface area contributed by atoms with E-state index in [0.29, 0.717) is 16.7 Å². The van der Waals surface area contributed by atoms with Crippen LogP contribution in [0.25, 0.3) is 0 Å². The average molecular weight is 275 g/mol. The van der Waals surface area contributed by atoms with Gasteiger partial charge in [0, 0.05) is 37.7 Å². The molecule has 0 atom stereocenters. The molecule has 1 aliphatic heterocycles. The molecule has 0 radical (unpaired) electrons. The summed E-state index contributed by atoms with van der Waals surface area (Å²) in [6, 6.07) is 0. The lowest BCUT2D eigenvalue weighted by Gasteiger charge is -2.18.